The number of hydrogen-bond acceptors (Lipinski definition) is 5. The van der Waals surface area contributed by atoms with Crippen LogP contribution in [0.15, 0.2) is 47.5 Å². The zero-order chi connectivity index (χ0) is 19.6. The van der Waals surface area contributed by atoms with Crippen molar-refractivity contribution >= 4 is 35.4 Å². The lowest BCUT2D eigenvalue weighted by Gasteiger charge is -2.28. The van der Waals surface area contributed by atoms with Crippen molar-refractivity contribution in [2.75, 3.05) is 12.0 Å². The second-order valence-electron chi connectivity index (χ2n) is 6.19. The summed E-state index contributed by atoms with van der Waals surface area (Å²) in [6, 6.07) is 11.3. The number of barbiturate groups is 1. The average Bonchev–Trinajstić information content (AvgIpc) is 2.64. The summed E-state index contributed by atoms with van der Waals surface area (Å²) in [5, 5.41) is 2.20. The summed E-state index contributed by atoms with van der Waals surface area (Å²) in [5.74, 6) is -2.07. The van der Waals surface area contributed by atoms with E-state index in [1.807, 2.05) is 26.0 Å². The summed E-state index contributed by atoms with van der Waals surface area (Å²) in [6.45, 7) is 3.94. The van der Waals surface area contributed by atoms with Gasteiger partial charge in [-0.15, -0.1) is 0 Å². The minimum atomic E-state index is -1.20. The number of carbonyl (C=O) groups excluding carboxylic acids is 3. The fourth-order valence-electron chi connectivity index (χ4n) is 2.68. The lowest BCUT2D eigenvalue weighted by atomic mass is 10.1. The maximum Gasteiger partial charge on any atom is 0.335 e. The molecule has 0 saturated carbocycles. The van der Waals surface area contributed by atoms with Gasteiger partial charge in [0.1, 0.15) is 5.75 Å². The van der Waals surface area contributed by atoms with Crippen LogP contribution in [-0.2, 0) is 9.59 Å². The Kier molecular flexibility index (Phi) is 5.03. The number of benzene rings is 2. The first-order valence-corrected chi connectivity index (χ1v) is 8.35. The van der Waals surface area contributed by atoms with Gasteiger partial charge in [0.05, 0.1) is 18.5 Å². The molecule has 0 aromatic heterocycles. The first-order valence-electron chi connectivity index (χ1n) is 8.35. The molecule has 27 heavy (non-hydrogen) atoms. The molecule has 0 spiro atoms. The molecule has 1 aliphatic heterocycles. The van der Waals surface area contributed by atoms with Gasteiger partial charge in [-0.05, 0) is 49.2 Å². The van der Waals surface area contributed by atoms with Crippen molar-refractivity contribution < 1.29 is 19.1 Å². The number of urea groups is 1. The predicted molar refractivity (Wildman–Crippen MR) is 102 cm³/mol. The van der Waals surface area contributed by atoms with E-state index in [-0.39, 0.29) is 0 Å². The van der Waals surface area contributed by atoms with Gasteiger partial charge in [0, 0.05) is 12.3 Å². The van der Waals surface area contributed by atoms with E-state index < -0.39 is 23.8 Å². The summed E-state index contributed by atoms with van der Waals surface area (Å²) in [5.41, 5.74) is 3.12. The highest BCUT2D eigenvalue weighted by molar-refractivity contribution is 6.32. The Balaban J connectivity index is 1.90. The quantitative estimate of drug-likeness (QED) is 0.666. The SMILES string of the molecule is COc1cccc(N2C(=O)NC(=O)[C@@H](C=Nc3ccc(C)c(C)c3)C2=O)c1. The Morgan fingerprint density at radius 1 is 1.07 bits per heavy atom. The molecule has 1 fully saturated rings. The summed E-state index contributed by atoms with van der Waals surface area (Å²) in [7, 11) is 1.49. The smallest absolute Gasteiger partial charge is 0.335 e. The molecule has 138 valence electrons. The fraction of sp³-hybridized carbons (Fsp3) is 0.200. The number of imide groups is 2. The maximum atomic E-state index is 12.8. The van der Waals surface area contributed by atoms with E-state index in [0.717, 1.165) is 16.0 Å². The molecule has 1 N–H and O–H groups in total. The normalized spacial score (nSPS) is 17.4. The summed E-state index contributed by atoms with van der Waals surface area (Å²) >= 11 is 0. The highest BCUT2D eigenvalue weighted by Crippen LogP contribution is 2.25. The molecule has 1 saturated heterocycles. The third kappa shape index (κ3) is 3.72. The van der Waals surface area contributed by atoms with Gasteiger partial charge in [0.25, 0.3) is 5.91 Å². The number of methoxy groups -OCH3 is 1. The Morgan fingerprint density at radius 2 is 1.85 bits per heavy atom. The van der Waals surface area contributed by atoms with Gasteiger partial charge in [-0.1, -0.05) is 12.1 Å². The summed E-state index contributed by atoms with van der Waals surface area (Å²) < 4.78 is 5.13. The van der Waals surface area contributed by atoms with Crippen LogP contribution in [0.3, 0.4) is 0 Å². The van der Waals surface area contributed by atoms with Gasteiger partial charge < -0.3 is 4.74 Å². The van der Waals surface area contributed by atoms with Crippen LogP contribution < -0.4 is 15.0 Å². The van der Waals surface area contributed by atoms with E-state index in [1.165, 1.54) is 13.3 Å². The topological polar surface area (TPSA) is 88.1 Å². The molecule has 1 aliphatic rings. The monoisotopic (exact) mass is 365 g/mol. The third-order valence-electron chi connectivity index (χ3n) is 4.38. The minimum absolute atomic E-state index is 0.314. The van der Waals surface area contributed by atoms with Crippen molar-refractivity contribution in [3.8, 4) is 5.75 Å². The van der Waals surface area contributed by atoms with Gasteiger partial charge in [-0.25, -0.2) is 9.69 Å². The number of anilines is 1. The Morgan fingerprint density at radius 3 is 2.56 bits per heavy atom. The van der Waals surface area contributed by atoms with Crippen LogP contribution >= 0.6 is 0 Å². The number of amides is 4. The van der Waals surface area contributed by atoms with Gasteiger partial charge >= 0.3 is 6.03 Å². The van der Waals surface area contributed by atoms with Crippen LogP contribution in [0.1, 0.15) is 11.1 Å². The first-order chi connectivity index (χ1) is 12.9. The van der Waals surface area contributed by atoms with Crippen molar-refractivity contribution in [3.63, 3.8) is 0 Å². The fourth-order valence-corrected chi connectivity index (χ4v) is 2.68. The van der Waals surface area contributed by atoms with Crippen molar-refractivity contribution in [2.24, 2.45) is 10.9 Å². The highest BCUT2D eigenvalue weighted by atomic mass is 16.5. The number of ether oxygens (including phenoxy) is 1. The second kappa shape index (κ2) is 7.41. The predicted octanol–water partition coefficient (Wildman–Crippen LogP) is 2.91. The number of nitrogens with zero attached hydrogens (tertiary/aromatic N) is 2. The molecule has 0 radical (unpaired) electrons. The molecule has 2 aromatic carbocycles. The van der Waals surface area contributed by atoms with Gasteiger partial charge in [-0.2, -0.15) is 0 Å². The molecule has 4 amide bonds. The largest absolute Gasteiger partial charge is 0.497 e. The summed E-state index contributed by atoms with van der Waals surface area (Å²) in [4.78, 5) is 42.3. The molecular weight excluding hydrogens is 346 g/mol. The number of aliphatic imine (C=N–C) groups is 1. The molecule has 0 bridgehead atoms. The lowest BCUT2D eigenvalue weighted by molar-refractivity contribution is -0.131. The van der Waals surface area contributed by atoms with Crippen LogP contribution in [0.5, 0.6) is 5.75 Å². The number of carbonyl (C=O) groups is 3. The second-order valence-corrected chi connectivity index (χ2v) is 6.19. The zero-order valence-electron chi connectivity index (χ0n) is 15.2. The maximum absolute atomic E-state index is 12.8. The average molecular weight is 365 g/mol. The van der Waals surface area contributed by atoms with E-state index in [2.05, 4.69) is 10.3 Å². The van der Waals surface area contributed by atoms with E-state index in [0.29, 0.717) is 17.1 Å². The molecule has 7 nitrogen and oxygen atoms in total. The Hall–Kier alpha value is -3.48. The number of nitrogens with one attached hydrogen (secondary N) is 1. The number of rotatable bonds is 4. The zero-order valence-corrected chi connectivity index (χ0v) is 15.2. The van der Waals surface area contributed by atoms with Crippen LogP contribution in [-0.4, -0.2) is 31.2 Å². The van der Waals surface area contributed by atoms with Crippen LogP contribution in [0.4, 0.5) is 16.2 Å². The Labute approximate surface area is 156 Å². The van der Waals surface area contributed by atoms with Crippen LogP contribution in [0, 0.1) is 19.8 Å². The molecule has 1 heterocycles. The molecule has 1 atom stereocenters. The number of aryl methyl sites for hydroxylation is 2. The van der Waals surface area contributed by atoms with Gasteiger partial charge in [0.15, 0.2) is 5.92 Å². The van der Waals surface area contributed by atoms with Crippen LogP contribution in [0.25, 0.3) is 0 Å². The minimum Gasteiger partial charge on any atom is -0.497 e. The molecule has 0 unspecified atom stereocenters. The van der Waals surface area contributed by atoms with E-state index in [9.17, 15) is 14.4 Å². The van der Waals surface area contributed by atoms with E-state index in [4.69, 9.17) is 4.74 Å². The van der Waals surface area contributed by atoms with Crippen molar-refractivity contribution in [2.45, 2.75) is 13.8 Å². The number of hydrogen-bond donors (Lipinski definition) is 1. The lowest BCUT2D eigenvalue weighted by Crippen LogP contribution is -2.58. The molecule has 0 aliphatic carbocycles. The highest BCUT2D eigenvalue weighted by Gasteiger charge is 2.40. The molecular formula is C20H19N3O4. The molecule has 3 rings (SSSR count). The van der Waals surface area contributed by atoms with E-state index in [1.54, 1.807) is 30.3 Å². The Bertz CT molecular complexity index is 952. The van der Waals surface area contributed by atoms with Crippen molar-refractivity contribution in [1.29, 1.82) is 0 Å². The van der Waals surface area contributed by atoms with Gasteiger partial charge in [0.2, 0.25) is 5.91 Å². The standard InChI is InChI=1S/C20H19N3O4/c1-12-7-8-14(9-13(12)2)21-11-17-18(24)22-20(26)23(19(17)25)15-5-4-6-16(10-15)27-3/h4-11,17H,1-3H3,(H,22,24,26)/t17-/m1/s1. The van der Waals surface area contributed by atoms with Crippen molar-refractivity contribution in [3.05, 3.63) is 53.6 Å². The summed E-state index contributed by atoms with van der Waals surface area (Å²) in [6.07, 6.45) is 1.27. The van der Waals surface area contributed by atoms with Gasteiger partial charge in [-0.3, -0.25) is 19.9 Å². The molecule has 7 heteroatoms. The van der Waals surface area contributed by atoms with E-state index >= 15 is 0 Å². The molecule has 2 aromatic rings. The first kappa shape index (κ1) is 18.3. The third-order valence-corrected chi connectivity index (χ3v) is 4.38. The van der Waals surface area contributed by atoms with Crippen molar-refractivity contribution in [1.82, 2.24) is 5.32 Å². The van der Waals surface area contributed by atoms with Crippen LogP contribution in [0.2, 0.25) is 0 Å².